The molecule has 1 spiro atoms. The smallest absolute Gasteiger partial charge is 0.417 e. The number of allylic oxidation sites excluding steroid dienone is 1. The Labute approximate surface area is 267 Å². The van der Waals surface area contributed by atoms with Crippen LogP contribution < -0.4 is 9.64 Å². The fourth-order valence-corrected chi connectivity index (χ4v) is 8.02. The molecule has 4 aliphatic rings. The molecule has 0 amide bonds. The van der Waals surface area contributed by atoms with Crippen molar-refractivity contribution in [2.75, 3.05) is 44.7 Å². The summed E-state index contributed by atoms with van der Waals surface area (Å²) in [4.78, 5) is 9.40. The largest absolute Gasteiger partial charge is 0.493 e. The first kappa shape index (κ1) is 29.5. The molecule has 3 heterocycles. The molecule has 0 atom stereocenters. The number of hydrogen-bond acceptors (Lipinski definition) is 6. The maximum Gasteiger partial charge on any atom is 0.417 e. The van der Waals surface area contributed by atoms with Gasteiger partial charge in [-0.2, -0.15) is 13.2 Å². The maximum atomic E-state index is 13.8. The highest BCUT2D eigenvalue weighted by Gasteiger charge is 2.52. The van der Waals surface area contributed by atoms with Gasteiger partial charge in [0, 0.05) is 60.5 Å². The van der Waals surface area contributed by atoms with Crippen molar-refractivity contribution in [3.63, 3.8) is 0 Å². The Hall–Kier alpha value is -3.85. The molecule has 4 fully saturated rings. The lowest BCUT2D eigenvalue weighted by Crippen LogP contribution is -2.48. The van der Waals surface area contributed by atoms with E-state index in [0.717, 1.165) is 93.2 Å². The number of rotatable bonds is 8. The van der Waals surface area contributed by atoms with Crippen LogP contribution in [-0.2, 0) is 6.18 Å². The third kappa shape index (κ3) is 5.67. The number of likely N-dealkylation sites (N-methyl/N-ethyl adjacent to an activating group) is 1. The molecule has 0 N–H and O–H groups in total. The number of piperazine rings is 1. The minimum atomic E-state index is -4.46. The molecule has 1 saturated heterocycles. The Morgan fingerprint density at radius 1 is 1.00 bits per heavy atom. The highest BCUT2D eigenvalue weighted by atomic mass is 19.4. The van der Waals surface area contributed by atoms with E-state index in [1.807, 2.05) is 18.3 Å². The van der Waals surface area contributed by atoms with Gasteiger partial charge in [0.1, 0.15) is 17.2 Å². The molecular formula is C37H39F3N4O2. The number of pyridine rings is 1. The van der Waals surface area contributed by atoms with Gasteiger partial charge in [-0.25, -0.2) is 0 Å². The summed E-state index contributed by atoms with van der Waals surface area (Å²) >= 11 is 0. The molecule has 46 heavy (non-hydrogen) atoms. The van der Waals surface area contributed by atoms with Crippen molar-refractivity contribution >= 4 is 22.7 Å². The molecule has 1 aliphatic heterocycles. The molecule has 2 aromatic carbocycles. The first-order valence-corrected chi connectivity index (χ1v) is 16.5. The second kappa shape index (κ2) is 11.4. The zero-order valence-electron chi connectivity index (χ0n) is 26.1. The number of anilines is 1. The lowest BCUT2D eigenvalue weighted by atomic mass is 9.48. The number of alkyl halides is 3. The number of benzene rings is 2. The monoisotopic (exact) mass is 628 g/mol. The molecule has 240 valence electrons. The Balaban J connectivity index is 0.888. The van der Waals surface area contributed by atoms with Gasteiger partial charge in [0.15, 0.2) is 0 Å². The SMILES string of the molecule is CN1CCN(c2ccnc3ccc(OCC4CC5(CC(/C=C/c6c(-c7ccccc7C(F)(F)F)noc6C6CC6)C5)C4)cc23)CC1. The van der Waals surface area contributed by atoms with E-state index in [-0.39, 0.29) is 11.5 Å². The number of ether oxygens (including phenoxy) is 1. The van der Waals surface area contributed by atoms with Crippen LogP contribution >= 0.6 is 0 Å². The van der Waals surface area contributed by atoms with Crippen molar-refractivity contribution in [3.05, 3.63) is 77.7 Å². The summed E-state index contributed by atoms with van der Waals surface area (Å²) in [5.74, 6) is 2.82. The topological polar surface area (TPSA) is 54.6 Å². The lowest BCUT2D eigenvalue weighted by Gasteiger charge is -2.57. The van der Waals surface area contributed by atoms with Gasteiger partial charge in [-0.05, 0) is 93.2 Å². The summed E-state index contributed by atoms with van der Waals surface area (Å²) in [6.45, 7) is 4.84. The number of fused-ring (bicyclic) bond motifs is 1. The Bertz CT molecular complexity index is 1760. The van der Waals surface area contributed by atoms with Crippen LogP contribution in [-0.4, -0.2) is 54.9 Å². The minimum Gasteiger partial charge on any atom is -0.493 e. The zero-order chi connectivity index (χ0) is 31.5. The van der Waals surface area contributed by atoms with Crippen LogP contribution in [0.1, 0.15) is 61.3 Å². The Morgan fingerprint density at radius 2 is 1.78 bits per heavy atom. The highest BCUT2D eigenvalue weighted by molar-refractivity contribution is 5.92. The van der Waals surface area contributed by atoms with Gasteiger partial charge in [0.2, 0.25) is 0 Å². The van der Waals surface area contributed by atoms with Crippen molar-refractivity contribution in [2.45, 2.75) is 50.6 Å². The molecule has 0 radical (unpaired) electrons. The Morgan fingerprint density at radius 3 is 2.54 bits per heavy atom. The average molecular weight is 629 g/mol. The van der Waals surface area contributed by atoms with E-state index in [2.05, 4.69) is 51.3 Å². The summed E-state index contributed by atoms with van der Waals surface area (Å²) in [6.07, 6.45) is 8.09. The molecule has 9 heteroatoms. The van der Waals surface area contributed by atoms with E-state index in [1.165, 1.54) is 17.8 Å². The molecule has 4 aromatic rings. The maximum absolute atomic E-state index is 13.8. The van der Waals surface area contributed by atoms with Gasteiger partial charge in [-0.1, -0.05) is 35.5 Å². The van der Waals surface area contributed by atoms with E-state index in [9.17, 15) is 13.2 Å². The summed E-state index contributed by atoms with van der Waals surface area (Å²) in [7, 11) is 2.17. The van der Waals surface area contributed by atoms with Crippen LogP contribution in [0.25, 0.3) is 28.2 Å². The van der Waals surface area contributed by atoms with Gasteiger partial charge < -0.3 is 19.1 Å². The van der Waals surface area contributed by atoms with E-state index in [1.54, 1.807) is 6.07 Å². The van der Waals surface area contributed by atoms with E-state index in [0.29, 0.717) is 35.1 Å². The molecule has 2 aromatic heterocycles. The zero-order valence-corrected chi connectivity index (χ0v) is 26.1. The second-order valence-corrected chi connectivity index (χ2v) is 14.0. The van der Waals surface area contributed by atoms with E-state index >= 15 is 0 Å². The van der Waals surface area contributed by atoms with Crippen molar-refractivity contribution in [1.82, 2.24) is 15.0 Å². The Kier molecular flexibility index (Phi) is 7.35. The highest BCUT2D eigenvalue weighted by Crippen LogP contribution is 2.61. The number of halogens is 3. The van der Waals surface area contributed by atoms with Gasteiger partial charge in [-0.15, -0.1) is 0 Å². The molecule has 3 saturated carbocycles. The molecule has 6 nitrogen and oxygen atoms in total. The summed E-state index contributed by atoms with van der Waals surface area (Å²) in [6, 6.07) is 14.0. The predicted octanol–water partition coefficient (Wildman–Crippen LogP) is 8.44. The van der Waals surface area contributed by atoms with Crippen molar-refractivity contribution in [2.24, 2.45) is 17.3 Å². The summed E-state index contributed by atoms with van der Waals surface area (Å²) < 4.78 is 53.4. The third-order valence-corrected chi connectivity index (χ3v) is 10.6. The number of aromatic nitrogens is 2. The van der Waals surface area contributed by atoms with Crippen LogP contribution in [0.4, 0.5) is 18.9 Å². The van der Waals surface area contributed by atoms with Crippen LogP contribution in [0.15, 0.2) is 65.3 Å². The van der Waals surface area contributed by atoms with Crippen molar-refractivity contribution < 1.29 is 22.4 Å². The standard InChI is InChI=1S/C37H39F3N4O2/c1-43-14-16-44(17-15-43)33-12-13-41-32-11-9-27(18-30(32)33)45-23-25-21-36(22-25)19-24(20-36)6-10-29-34(42-46-35(29)26-7-8-26)28-4-2-3-5-31(28)37(38,39)40/h2-6,9-13,18,24-26H,7-8,14-17,19-23H2,1H3/b10-6+. The normalized spacial score (nSPS) is 25.3. The van der Waals surface area contributed by atoms with Crippen molar-refractivity contribution in [3.8, 4) is 17.0 Å². The molecule has 3 aliphatic carbocycles. The van der Waals surface area contributed by atoms with Gasteiger partial charge in [0.25, 0.3) is 0 Å². The van der Waals surface area contributed by atoms with Gasteiger partial charge in [0.05, 0.1) is 17.7 Å². The fourth-order valence-electron chi connectivity index (χ4n) is 8.02. The molecule has 8 rings (SSSR count). The lowest BCUT2D eigenvalue weighted by molar-refractivity contribution is -0.137. The quantitative estimate of drug-likeness (QED) is 0.195. The fraction of sp³-hybridized carbons (Fsp3) is 0.459. The average Bonchev–Trinajstić information content (AvgIpc) is 3.77. The molecule has 0 unspecified atom stereocenters. The first-order valence-electron chi connectivity index (χ1n) is 16.5. The van der Waals surface area contributed by atoms with Gasteiger partial charge in [-0.3, -0.25) is 4.98 Å². The van der Waals surface area contributed by atoms with Crippen LogP contribution in [0.2, 0.25) is 0 Å². The minimum absolute atomic E-state index is 0.0791. The second-order valence-electron chi connectivity index (χ2n) is 14.0. The van der Waals surface area contributed by atoms with Crippen LogP contribution in [0.5, 0.6) is 5.75 Å². The van der Waals surface area contributed by atoms with Crippen molar-refractivity contribution in [1.29, 1.82) is 0 Å². The first-order chi connectivity index (χ1) is 22.2. The molecular weight excluding hydrogens is 589 g/mol. The van der Waals surface area contributed by atoms with Crippen LogP contribution in [0, 0.1) is 17.3 Å². The predicted molar refractivity (Wildman–Crippen MR) is 173 cm³/mol. The van der Waals surface area contributed by atoms with E-state index in [4.69, 9.17) is 9.26 Å². The number of hydrogen-bond donors (Lipinski definition) is 0. The summed E-state index contributed by atoms with van der Waals surface area (Å²) in [5.41, 5.74) is 2.99. The molecule has 0 bridgehead atoms. The number of nitrogens with zero attached hydrogens (tertiary/aromatic N) is 4. The third-order valence-electron chi connectivity index (χ3n) is 10.6. The van der Waals surface area contributed by atoms with Gasteiger partial charge >= 0.3 is 6.18 Å². The summed E-state index contributed by atoms with van der Waals surface area (Å²) in [5, 5.41) is 5.30. The van der Waals surface area contributed by atoms with E-state index < -0.39 is 11.7 Å². The van der Waals surface area contributed by atoms with Crippen LogP contribution in [0.3, 0.4) is 0 Å².